The number of benzene rings is 1. The summed E-state index contributed by atoms with van der Waals surface area (Å²) in [7, 11) is 1.76. The molecule has 1 saturated carbocycles. The number of fused-ring (bicyclic) bond motifs is 2. The third kappa shape index (κ3) is 3.46. The third-order valence-electron chi connectivity index (χ3n) is 7.01. The van der Waals surface area contributed by atoms with E-state index in [1.165, 1.54) is 4.90 Å². The molecule has 2 heterocycles. The van der Waals surface area contributed by atoms with Gasteiger partial charge >= 0.3 is 0 Å². The average Bonchev–Trinajstić information content (AvgIpc) is 3.03. The van der Waals surface area contributed by atoms with E-state index in [-0.39, 0.29) is 23.7 Å². The monoisotopic (exact) mass is 399 g/mol. The average molecular weight is 399 g/mol. The molecule has 2 saturated heterocycles. The zero-order chi connectivity index (χ0) is 20.6. The van der Waals surface area contributed by atoms with Crippen LogP contribution >= 0.6 is 0 Å². The van der Waals surface area contributed by atoms with Gasteiger partial charge in [-0.3, -0.25) is 19.3 Å². The molecule has 0 spiro atoms. The number of hydrogen-bond donors (Lipinski definition) is 1. The highest BCUT2D eigenvalue weighted by Gasteiger charge is 2.53. The van der Waals surface area contributed by atoms with Gasteiger partial charge in [-0.05, 0) is 30.5 Å². The minimum absolute atomic E-state index is 0.0540. The van der Waals surface area contributed by atoms with Crippen molar-refractivity contribution >= 4 is 17.7 Å². The van der Waals surface area contributed by atoms with Crippen LogP contribution < -0.4 is 5.73 Å². The van der Waals surface area contributed by atoms with Gasteiger partial charge in [-0.1, -0.05) is 18.6 Å². The molecule has 2 unspecified atom stereocenters. The molecule has 2 atom stereocenters. The Hall–Kier alpha value is -2.25. The standard InChI is InChI=1S/C22H29N3O4/c1-29-22(16-5-2-4-15(12-16)21(23)28)17-6-3-7-18(22)14-24(13-17)10-11-25-19(26)8-9-20(25)27/h2,4-5,12,17-18H,3,6-11,13-14H2,1H3,(H2,23,28). The molecule has 2 aliphatic heterocycles. The summed E-state index contributed by atoms with van der Waals surface area (Å²) in [4.78, 5) is 39.3. The lowest BCUT2D eigenvalue weighted by atomic mass is 9.62. The quantitative estimate of drug-likeness (QED) is 0.732. The molecule has 0 aromatic heterocycles. The zero-order valence-electron chi connectivity index (χ0n) is 16.9. The number of imide groups is 1. The third-order valence-corrected chi connectivity index (χ3v) is 7.01. The lowest BCUT2D eigenvalue weighted by molar-refractivity contribution is -0.169. The van der Waals surface area contributed by atoms with Crippen molar-refractivity contribution in [1.82, 2.24) is 9.80 Å². The van der Waals surface area contributed by atoms with Crippen LogP contribution in [0.1, 0.15) is 48.0 Å². The Kier molecular flexibility index (Phi) is 5.44. The molecule has 29 heavy (non-hydrogen) atoms. The Morgan fingerprint density at radius 3 is 2.38 bits per heavy atom. The van der Waals surface area contributed by atoms with Gasteiger partial charge in [0.05, 0.1) is 0 Å². The molecule has 0 radical (unpaired) electrons. The Balaban J connectivity index is 1.54. The van der Waals surface area contributed by atoms with Gasteiger partial charge in [0.2, 0.25) is 17.7 Å². The fourth-order valence-electron chi connectivity index (χ4n) is 5.66. The van der Waals surface area contributed by atoms with Gasteiger partial charge in [0.15, 0.2) is 0 Å². The summed E-state index contributed by atoms with van der Waals surface area (Å²) in [6, 6.07) is 7.54. The number of hydrogen-bond acceptors (Lipinski definition) is 5. The van der Waals surface area contributed by atoms with Gasteiger partial charge in [0.25, 0.3) is 0 Å². The first kappa shape index (κ1) is 20.0. The van der Waals surface area contributed by atoms with Crippen LogP contribution in [0.15, 0.2) is 24.3 Å². The van der Waals surface area contributed by atoms with E-state index in [2.05, 4.69) is 4.90 Å². The second-order valence-corrected chi connectivity index (χ2v) is 8.47. The fraction of sp³-hybridized carbons (Fsp3) is 0.591. The summed E-state index contributed by atoms with van der Waals surface area (Å²) in [5.74, 6) is 0.0327. The van der Waals surface area contributed by atoms with E-state index in [0.717, 1.165) is 37.9 Å². The van der Waals surface area contributed by atoms with Crippen molar-refractivity contribution in [2.45, 2.75) is 37.7 Å². The molecule has 3 amide bonds. The number of nitrogens with zero attached hydrogens (tertiary/aromatic N) is 2. The lowest BCUT2D eigenvalue weighted by Crippen LogP contribution is -2.59. The van der Waals surface area contributed by atoms with E-state index in [1.807, 2.05) is 18.2 Å². The van der Waals surface area contributed by atoms with Crippen LogP contribution in [-0.2, 0) is 19.9 Å². The SMILES string of the molecule is COC1(c2cccc(C(N)=O)c2)C2CCCC1CN(CCN1C(=O)CCC1=O)C2. The molecule has 1 aromatic carbocycles. The maximum atomic E-state index is 11.9. The number of rotatable bonds is 6. The summed E-state index contributed by atoms with van der Waals surface area (Å²) in [5.41, 5.74) is 6.61. The number of carbonyl (C=O) groups excluding carboxylic acids is 3. The van der Waals surface area contributed by atoms with Crippen LogP contribution in [0.4, 0.5) is 0 Å². The van der Waals surface area contributed by atoms with Gasteiger partial charge in [0.1, 0.15) is 5.60 Å². The second-order valence-electron chi connectivity index (χ2n) is 8.47. The van der Waals surface area contributed by atoms with E-state index in [9.17, 15) is 14.4 Å². The summed E-state index contributed by atoms with van der Waals surface area (Å²) in [6.07, 6.45) is 3.93. The Morgan fingerprint density at radius 2 is 1.79 bits per heavy atom. The molecular formula is C22H29N3O4. The van der Waals surface area contributed by atoms with Crippen LogP contribution in [0.2, 0.25) is 0 Å². The van der Waals surface area contributed by atoms with Gasteiger partial charge < -0.3 is 15.4 Å². The first-order valence-corrected chi connectivity index (χ1v) is 10.5. The van der Waals surface area contributed by atoms with Gasteiger partial charge in [-0.15, -0.1) is 0 Å². The minimum atomic E-state index is -0.431. The van der Waals surface area contributed by atoms with Gasteiger partial charge in [-0.25, -0.2) is 0 Å². The predicted molar refractivity (Wildman–Crippen MR) is 107 cm³/mol. The molecule has 156 valence electrons. The van der Waals surface area contributed by atoms with Crippen molar-refractivity contribution in [3.63, 3.8) is 0 Å². The number of ether oxygens (including phenoxy) is 1. The second kappa shape index (κ2) is 7.88. The molecule has 1 aromatic rings. The van der Waals surface area contributed by atoms with Crippen molar-refractivity contribution in [1.29, 1.82) is 0 Å². The minimum Gasteiger partial charge on any atom is -0.373 e. The van der Waals surface area contributed by atoms with Crippen LogP contribution in [-0.4, -0.2) is 60.8 Å². The van der Waals surface area contributed by atoms with Crippen LogP contribution in [0.3, 0.4) is 0 Å². The summed E-state index contributed by atoms with van der Waals surface area (Å²) in [6.45, 7) is 2.86. The lowest BCUT2D eigenvalue weighted by Gasteiger charge is -2.55. The normalized spacial score (nSPS) is 30.0. The zero-order valence-corrected chi connectivity index (χ0v) is 16.9. The topological polar surface area (TPSA) is 92.9 Å². The van der Waals surface area contributed by atoms with Crippen LogP contribution in [0.25, 0.3) is 0 Å². The first-order chi connectivity index (χ1) is 14.0. The highest BCUT2D eigenvalue weighted by atomic mass is 16.5. The van der Waals surface area contributed by atoms with Crippen molar-refractivity contribution in [3.8, 4) is 0 Å². The predicted octanol–water partition coefficient (Wildman–Crippen LogP) is 1.51. The van der Waals surface area contributed by atoms with E-state index in [4.69, 9.17) is 10.5 Å². The molecule has 7 heteroatoms. The Bertz CT molecular complexity index is 794. The summed E-state index contributed by atoms with van der Waals surface area (Å²) < 4.78 is 6.23. The molecule has 2 N–H and O–H groups in total. The first-order valence-electron chi connectivity index (χ1n) is 10.5. The van der Waals surface area contributed by atoms with E-state index >= 15 is 0 Å². The molecule has 7 nitrogen and oxygen atoms in total. The maximum Gasteiger partial charge on any atom is 0.248 e. The number of nitrogens with two attached hydrogens (primary N) is 1. The maximum absolute atomic E-state index is 11.9. The van der Waals surface area contributed by atoms with Crippen LogP contribution in [0.5, 0.6) is 0 Å². The highest BCUT2D eigenvalue weighted by Crippen LogP contribution is 2.51. The number of piperidine rings is 1. The van der Waals surface area contributed by atoms with E-state index in [1.54, 1.807) is 13.2 Å². The highest BCUT2D eigenvalue weighted by molar-refractivity contribution is 6.01. The molecule has 2 bridgehead atoms. The van der Waals surface area contributed by atoms with E-state index < -0.39 is 11.5 Å². The van der Waals surface area contributed by atoms with Crippen molar-refractivity contribution < 1.29 is 19.1 Å². The summed E-state index contributed by atoms with van der Waals surface area (Å²) in [5, 5.41) is 0. The number of methoxy groups -OCH3 is 1. The molecular weight excluding hydrogens is 370 g/mol. The summed E-state index contributed by atoms with van der Waals surface area (Å²) >= 11 is 0. The van der Waals surface area contributed by atoms with Crippen molar-refractivity contribution in [2.24, 2.45) is 17.6 Å². The van der Waals surface area contributed by atoms with Crippen molar-refractivity contribution in [2.75, 3.05) is 33.3 Å². The number of primary amides is 1. The Labute approximate surface area is 171 Å². The number of likely N-dealkylation sites (tertiary alicyclic amines) is 2. The van der Waals surface area contributed by atoms with Crippen LogP contribution in [0, 0.1) is 11.8 Å². The molecule has 1 aliphatic carbocycles. The largest absolute Gasteiger partial charge is 0.373 e. The Morgan fingerprint density at radius 1 is 1.14 bits per heavy atom. The van der Waals surface area contributed by atoms with Gasteiger partial charge in [0, 0.05) is 63.5 Å². The molecule has 3 fully saturated rings. The molecule has 4 rings (SSSR count). The van der Waals surface area contributed by atoms with E-state index in [0.29, 0.717) is 31.5 Å². The molecule has 3 aliphatic rings. The smallest absolute Gasteiger partial charge is 0.248 e. The van der Waals surface area contributed by atoms with Gasteiger partial charge in [-0.2, -0.15) is 0 Å². The number of carbonyl (C=O) groups is 3. The van der Waals surface area contributed by atoms with Crippen molar-refractivity contribution in [3.05, 3.63) is 35.4 Å². The number of amides is 3. The fourth-order valence-corrected chi connectivity index (χ4v) is 5.66.